The van der Waals surface area contributed by atoms with Gasteiger partial charge < -0.3 is 25.4 Å². The van der Waals surface area contributed by atoms with E-state index in [0.29, 0.717) is 25.8 Å². The zero-order valence-electron chi connectivity index (χ0n) is 15.8. The zero-order valence-corrected chi connectivity index (χ0v) is 18.1. The Morgan fingerprint density at radius 3 is 2.81 bits per heavy atom. The van der Waals surface area contributed by atoms with Crippen LogP contribution in [0.25, 0.3) is 0 Å². The zero-order chi connectivity index (χ0) is 18.2. The highest BCUT2D eigenvalue weighted by molar-refractivity contribution is 14.0. The Morgan fingerprint density at radius 1 is 1.22 bits per heavy atom. The van der Waals surface area contributed by atoms with Gasteiger partial charge in [0.1, 0.15) is 0 Å². The average molecular weight is 488 g/mol. The molecule has 2 aliphatic rings. The molecule has 0 spiro atoms. The maximum Gasteiger partial charge on any atom is 0.231 e. The second-order valence-corrected chi connectivity index (χ2v) is 6.57. The van der Waals surface area contributed by atoms with Crippen molar-refractivity contribution in [2.45, 2.75) is 45.1 Å². The smallest absolute Gasteiger partial charge is 0.231 e. The van der Waals surface area contributed by atoms with Crippen molar-refractivity contribution >= 4 is 35.8 Å². The van der Waals surface area contributed by atoms with Crippen LogP contribution in [0.5, 0.6) is 11.5 Å². The Hall–Kier alpha value is -1.71. The van der Waals surface area contributed by atoms with Crippen molar-refractivity contribution in [1.82, 2.24) is 16.0 Å². The van der Waals surface area contributed by atoms with E-state index in [1.165, 1.54) is 5.56 Å². The van der Waals surface area contributed by atoms with Gasteiger partial charge in [-0.25, -0.2) is 0 Å². The third-order valence-corrected chi connectivity index (χ3v) is 4.26. The number of amides is 1. The Bertz CT molecular complexity index is 650. The number of rotatable bonds is 9. The standard InChI is InChI=1S/C19H28N4O3.HI/c1-2-20-19(21-10-3-4-18(24)23-15-6-7-15)22-11-9-14-5-8-16-17(12-14)26-13-25-16;/h5,8,12,15H,2-4,6-7,9-11,13H2,1H3,(H,23,24)(H2,20,21,22);1H. The predicted octanol–water partition coefficient (Wildman–Crippen LogP) is 2.19. The molecule has 0 bridgehead atoms. The minimum atomic E-state index is 0. The van der Waals surface area contributed by atoms with E-state index in [-0.39, 0.29) is 29.9 Å². The molecule has 3 N–H and O–H groups in total. The number of fused-ring (bicyclic) bond motifs is 1. The number of carbonyl (C=O) groups is 1. The Kier molecular flexibility index (Phi) is 8.96. The van der Waals surface area contributed by atoms with Gasteiger partial charge in [0.05, 0.1) is 0 Å². The van der Waals surface area contributed by atoms with E-state index >= 15 is 0 Å². The summed E-state index contributed by atoms with van der Waals surface area (Å²) in [6.45, 7) is 4.55. The quantitative estimate of drug-likeness (QED) is 0.215. The number of halogens is 1. The number of aliphatic imine (C=N–C) groups is 1. The van der Waals surface area contributed by atoms with Gasteiger partial charge in [-0.2, -0.15) is 0 Å². The first-order valence-corrected chi connectivity index (χ1v) is 9.44. The van der Waals surface area contributed by atoms with Gasteiger partial charge in [-0.3, -0.25) is 9.79 Å². The van der Waals surface area contributed by atoms with Gasteiger partial charge in [-0.1, -0.05) is 6.07 Å². The van der Waals surface area contributed by atoms with Gasteiger partial charge in [-0.05, 0) is 50.3 Å². The topological polar surface area (TPSA) is 84.0 Å². The first-order valence-electron chi connectivity index (χ1n) is 9.44. The minimum absolute atomic E-state index is 0. The molecule has 0 saturated heterocycles. The molecule has 1 fully saturated rings. The van der Waals surface area contributed by atoms with Crippen LogP contribution in [0.15, 0.2) is 23.2 Å². The van der Waals surface area contributed by atoms with Gasteiger partial charge >= 0.3 is 0 Å². The summed E-state index contributed by atoms with van der Waals surface area (Å²) in [5.74, 6) is 2.55. The van der Waals surface area contributed by atoms with E-state index in [4.69, 9.17) is 9.47 Å². The number of nitrogens with one attached hydrogen (secondary N) is 3. The SMILES string of the molecule is CCNC(=NCCCC(=O)NC1CC1)NCCc1ccc2c(c1)OCO2.I. The molecule has 150 valence electrons. The summed E-state index contributed by atoms with van der Waals surface area (Å²) in [6, 6.07) is 6.45. The van der Waals surface area contributed by atoms with Crippen LogP contribution in [0.4, 0.5) is 0 Å². The molecule has 0 radical (unpaired) electrons. The van der Waals surface area contributed by atoms with Crippen LogP contribution in [0.2, 0.25) is 0 Å². The molecule has 8 heteroatoms. The largest absolute Gasteiger partial charge is 0.454 e. The summed E-state index contributed by atoms with van der Waals surface area (Å²) in [4.78, 5) is 16.2. The van der Waals surface area contributed by atoms with Crippen LogP contribution in [0.3, 0.4) is 0 Å². The van der Waals surface area contributed by atoms with Crippen LogP contribution in [-0.4, -0.2) is 44.3 Å². The summed E-state index contributed by atoms with van der Waals surface area (Å²) < 4.78 is 10.7. The van der Waals surface area contributed by atoms with Gasteiger partial charge in [0.25, 0.3) is 0 Å². The van der Waals surface area contributed by atoms with E-state index < -0.39 is 0 Å². The third kappa shape index (κ3) is 7.43. The Morgan fingerprint density at radius 2 is 2.04 bits per heavy atom. The fourth-order valence-electron chi connectivity index (χ4n) is 2.72. The van der Waals surface area contributed by atoms with Crippen LogP contribution in [0, 0.1) is 0 Å². The van der Waals surface area contributed by atoms with Crippen LogP contribution < -0.4 is 25.4 Å². The first-order chi connectivity index (χ1) is 12.7. The summed E-state index contributed by atoms with van der Waals surface area (Å²) >= 11 is 0. The Balaban J connectivity index is 0.00000261. The van der Waals surface area contributed by atoms with Gasteiger partial charge in [0, 0.05) is 32.1 Å². The first kappa shape index (κ1) is 21.6. The fraction of sp³-hybridized carbons (Fsp3) is 0.579. The predicted molar refractivity (Wildman–Crippen MR) is 116 cm³/mol. The number of hydrogen-bond acceptors (Lipinski definition) is 4. The molecule has 7 nitrogen and oxygen atoms in total. The van der Waals surface area contributed by atoms with E-state index in [1.54, 1.807) is 0 Å². The van der Waals surface area contributed by atoms with E-state index in [2.05, 4.69) is 27.0 Å². The Labute approximate surface area is 177 Å². The number of guanidine groups is 1. The van der Waals surface area contributed by atoms with Gasteiger partial charge in [-0.15, -0.1) is 24.0 Å². The molecule has 1 aromatic carbocycles. The molecule has 0 unspecified atom stereocenters. The highest BCUT2D eigenvalue weighted by atomic mass is 127. The summed E-state index contributed by atoms with van der Waals surface area (Å²) in [6.07, 6.45) is 4.42. The molecule has 1 aromatic rings. The van der Waals surface area contributed by atoms with Crippen molar-refractivity contribution in [3.05, 3.63) is 23.8 Å². The lowest BCUT2D eigenvalue weighted by molar-refractivity contribution is -0.121. The summed E-state index contributed by atoms with van der Waals surface area (Å²) in [7, 11) is 0. The summed E-state index contributed by atoms with van der Waals surface area (Å²) in [5, 5.41) is 9.57. The molecule has 1 aliphatic heterocycles. The summed E-state index contributed by atoms with van der Waals surface area (Å²) in [5.41, 5.74) is 1.19. The molecule has 27 heavy (non-hydrogen) atoms. The van der Waals surface area contributed by atoms with Crippen molar-refractivity contribution < 1.29 is 14.3 Å². The average Bonchev–Trinajstić information content (AvgIpc) is 3.31. The van der Waals surface area contributed by atoms with E-state index in [0.717, 1.165) is 56.2 Å². The monoisotopic (exact) mass is 488 g/mol. The number of nitrogens with zero attached hydrogens (tertiary/aromatic N) is 1. The number of ether oxygens (including phenoxy) is 2. The number of hydrogen-bond donors (Lipinski definition) is 3. The minimum Gasteiger partial charge on any atom is -0.454 e. The highest BCUT2D eigenvalue weighted by Gasteiger charge is 2.22. The van der Waals surface area contributed by atoms with Crippen molar-refractivity contribution in [1.29, 1.82) is 0 Å². The molecule has 0 atom stereocenters. The second-order valence-electron chi connectivity index (χ2n) is 6.57. The van der Waals surface area contributed by atoms with Crippen LogP contribution in [0.1, 0.15) is 38.2 Å². The van der Waals surface area contributed by atoms with Crippen LogP contribution >= 0.6 is 24.0 Å². The molecular formula is C19H29IN4O3. The van der Waals surface area contributed by atoms with Crippen molar-refractivity contribution in [2.24, 2.45) is 4.99 Å². The lowest BCUT2D eigenvalue weighted by Crippen LogP contribution is -2.38. The molecule has 0 aromatic heterocycles. The second kappa shape index (κ2) is 11.2. The number of benzene rings is 1. The maximum absolute atomic E-state index is 11.7. The molecular weight excluding hydrogens is 459 g/mol. The maximum atomic E-state index is 11.7. The highest BCUT2D eigenvalue weighted by Crippen LogP contribution is 2.32. The lowest BCUT2D eigenvalue weighted by Gasteiger charge is -2.11. The lowest BCUT2D eigenvalue weighted by atomic mass is 10.1. The van der Waals surface area contributed by atoms with E-state index in [9.17, 15) is 4.79 Å². The van der Waals surface area contributed by atoms with Crippen molar-refractivity contribution in [2.75, 3.05) is 26.4 Å². The normalized spacial score (nSPS) is 15.1. The fourth-order valence-corrected chi connectivity index (χ4v) is 2.72. The molecule has 1 amide bonds. The third-order valence-electron chi connectivity index (χ3n) is 4.26. The number of carbonyl (C=O) groups excluding carboxylic acids is 1. The molecule has 1 heterocycles. The molecule has 3 rings (SSSR count). The molecule has 1 saturated carbocycles. The van der Waals surface area contributed by atoms with Crippen LogP contribution in [-0.2, 0) is 11.2 Å². The molecule has 1 aliphatic carbocycles. The van der Waals surface area contributed by atoms with Gasteiger partial charge in [0.2, 0.25) is 12.7 Å². The van der Waals surface area contributed by atoms with Gasteiger partial charge in [0.15, 0.2) is 17.5 Å². The van der Waals surface area contributed by atoms with E-state index in [1.807, 2.05) is 19.1 Å². The van der Waals surface area contributed by atoms with Crippen molar-refractivity contribution in [3.8, 4) is 11.5 Å². The van der Waals surface area contributed by atoms with Crippen molar-refractivity contribution in [3.63, 3.8) is 0 Å².